The van der Waals surface area contributed by atoms with Crippen LogP contribution in [0.3, 0.4) is 0 Å². The number of benzene rings is 1. The summed E-state index contributed by atoms with van der Waals surface area (Å²) in [5, 5.41) is 2.07. The predicted molar refractivity (Wildman–Crippen MR) is 111 cm³/mol. The van der Waals surface area contributed by atoms with Crippen molar-refractivity contribution in [2.24, 2.45) is 11.8 Å². The second-order valence-electron chi connectivity index (χ2n) is 8.03. The molecule has 1 saturated heterocycles. The van der Waals surface area contributed by atoms with Crippen LogP contribution in [0.5, 0.6) is 0 Å². The molecular weight excluding hydrogens is 473 g/mol. The number of esters is 1. The maximum atomic E-state index is 13.1. The Bertz CT molecular complexity index is 945. The Kier molecular flexibility index (Phi) is 8.57. The van der Waals surface area contributed by atoms with Gasteiger partial charge in [0.2, 0.25) is 15.9 Å². The van der Waals surface area contributed by atoms with E-state index in [2.05, 4.69) is 5.32 Å². The highest BCUT2D eigenvalue weighted by Gasteiger charge is 2.37. The number of nitrogens with zero attached hydrogens (tertiary/aromatic N) is 1. The molecule has 0 bridgehead atoms. The summed E-state index contributed by atoms with van der Waals surface area (Å²) in [5.41, 5.74) is -1.23. The number of ether oxygens (including phenoxy) is 1. The highest BCUT2D eigenvalue weighted by molar-refractivity contribution is 7.89. The Morgan fingerprint density at radius 3 is 2.34 bits per heavy atom. The van der Waals surface area contributed by atoms with Gasteiger partial charge in [-0.3, -0.25) is 4.79 Å². The number of piperidine rings is 1. The maximum Gasteiger partial charge on any atom is 0.417 e. The van der Waals surface area contributed by atoms with E-state index in [4.69, 9.17) is 16.3 Å². The van der Waals surface area contributed by atoms with Crippen molar-refractivity contribution in [3.05, 3.63) is 28.8 Å². The van der Waals surface area contributed by atoms with Gasteiger partial charge in [0.15, 0.2) is 0 Å². The van der Waals surface area contributed by atoms with Crippen LogP contribution in [0.1, 0.15) is 38.7 Å². The average molecular weight is 499 g/mol. The molecule has 1 unspecified atom stereocenters. The minimum atomic E-state index is -4.79. The van der Waals surface area contributed by atoms with Gasteiger partial charge in [-0.05, 0) is 43.4 Å². The molecule has 1 atom stereocenters. The Hall–Kier alpha value is -1.85. The van der Waals surface area contributed by atoms with Gasteiger partial charge in [0.25, 0.3) is 0 Å². The molecule has 1 amide bonds. The van der Waals surface area contributed by atoms with Crippen molar-refractivity contribution in [1.82, 2.24) is 9.62 Å². The van der Waals surface area contributed by atoms with E-state index in [0.717, 1.165) is 16.4 Å². The van der Waals surface area contributed by atoms with Gasteiger partial charge in [0.05, 0.1) is 22.6 Å². The van der Waals surface area contributed by atoms with Crippen molar-refractivity contribution in [2.45, 2.75) is 50.2 Å². The first-order chi connectivity index (χ1) is 14.8. The summed E-state index contributed by atoms with van der Waals surface area (Å²) in [6, 6.07) is 1.64. The highest BCUT2D eigenvalue weighted by Crippen LogP contribution is 2.36. The van der Waals surface area contributed by atoms with Gasteiger partial charge in [-0.25, -0.2) is 13.2 Å². The smallest absolute Gasteiger partial charge is 0.417 e. The number of nitrogens with one attached hydrogen (secondary N) is 1. The number of alkyl halides is 3. The molecule has 2 rings (SSSR count). The first-order valence-electron chi connectivity index (χ1n) is 10.0. The van der Waals surface area contributed by atoms with Crippen LogP contribution < -0.4 is 5.32 Å². The predicted octanol–water partition coefficient (Wildman–Crippen LogP) is 3.46. The summed E-state index contributed by atoms with van der Waals surface area (Å²) < 4.78 is 70.7. The zero-order valence-corrected chi connectivity index (χ0v) is 19.5. The number of hydrogen-bond acceptors (Lipinski definition) is 5. The fourth-order valence-electron chi connectivity index (χ4n) is 3.51. The summed E-state index contributed by atoms with van der Waals surface area (Å²) >= 11 is 5.57. The van der Waals surface area contributed by atoms with E-state index >= 15 is 0 Å². The van der Waals surface area contributed by atoms with Crippen molar-refractivity contribution in [2.75, 3.05) is 20.2 Å². The third kappa shape index (κ3) is 6.35. The lowest BCUT2D eigenvalue weighted by Crippen LogP contribution is -2.48. The van der Waals surface area contributed by atoms with Crippen LogP contribution in [0, 0.1) is 11.8 Å². The van der Waals surface area contributed by atoms with Crippen molar-refractivity contribution in [3.8, 4) is 0 Å². The quantitative estimate of drug-likeness (QED) is 0.581. The molecule has 0 aliphatic carbocycles. The van der Waals surface area contributed by atoms with E-state index in [9.17, 15) is 31.2 Å². The molecule has 1 aliphatic rings. The monoisotopic (exact) mass is 498 g/mol. The third-order valence-corrected chi connectivity index (χ3v) is 7.44. The van der Waals surface area contributed by atoms with Crippen LogP contribution in [0.2, 0.25) is 5.02 Å². The molecule has 7 nitrogen and oxygen atoms in total. The molecule has 0 spiro atoms. The van der Waals surface area contributed by atoms with Gasteiger partial charge < -0.3 is 10.1 Å². The van der Waals surface area contributed by atoms with Crippen LogP contribution >= 0.6 is 11.6 Å². The molecule has 180 valence electrons. The van der Waals surface area contributed by atoms with Crippen molar-refractivity contribution in [3.63, 3.8) is 0 Å². The van der Waals surface area contributed by atoms with Crippen LogP contribution in [0.25, 0.3) is 0 Å². The summed E-state index contributed by atoms with van der Waals surface area (Å²) in [6.07, 6.45) is -4.07. The average Bonchev–Trinajstić information content (AvgIpc) is 2.71. The molecule has 0 radical (unpaired) electrons. The van der Waals surface area contributed by atoms with E-state index in [1.165, 1.54) is 7.11 Å². The van der Waals surface area contributed by atoms with Gasteiger partial charge >= 0.3 is 12.1 Å². The van der Waals surface area contributed by atoms with Crippen molar-refractivity contribution < 1.29 is 35.9 Å². The number of methoxy groups -OCH3 is 1. The minimum absolute atomic E-state index is 0.0442. The highest BCUT2D eigenvalue weighted by atomic mass is 35.5. The molecule has 1 heterocycles. The van der Waals surface area contributed by atoms with E-state index in [-0.39, 0.29) is 37.8 Å². The topological polar surface area (TPSA) is 92.8 Å². The molecule has 1 aromatic carbocycles. The number of carbonyl (C=O) groups excluding carboxylic acids is 2. The standard InChI is InChI=1S/C20H26ClF3N2O5S/c1-12(2)10-17(19(28)31-3)25-18(27)13-6-8-26(9-7-13)32(29,30)14-4-5-16(21)15(11-14)20(22,23)24/h4-5,11-13,17H,6-10H2,1-3H3,(H,25,27). The number of carbonyl (C=O) groups is 2. The van der Waals surface area contributed by atoms with E-state index < -0.39 is 49.6 Å². The summed E-state index contributed by atoms with van der Waals surface area (Å²) in [5.74, 6) is -1.34. The first-order valence-corrected chi connectivity index (χ1v) is 11.8. The van der Waals surface area contributed by atoms with E-state index in [1.54, 1.807) is 0 Å². The number of rotatable bonds is 7. The lowest BCUT2D eigenvalue weighted by Gasteiger charge is -2.31. The Labute approximate surface area is 190 Å². The van der Waals surface area contributed by atoms with Crippen molar-refractivity contribution in [1.29, 1.82) is 0 Å². The van der Waals surface area contributed by atoms with Gasteiger partial charge in [0.1, 0.15) is 6.04 Å². The Morgan fingerprint density at radius 1 is 1.25 bits per heavy atom. The largest absolute Gasteiger partial charge is 0.467 e. The van der Waals surface area contributed by atoms with Gasteiger partial charge in [-0.2, -0.15) is 17.5 Å². The number of halogens is 4. The normalized spacial score (nSPS) is 17.2. The molecular formula is C20H26ClF3N2O5S. The van der Waals surface area contributed by atoms with E-state index in [0.29, 0.717) is 12.5 Å². The fraction of sp³-hybridized carbons (Fsp3) is 0.600. The van der Waals surface area contributed by atoms with Crippen LogP contribution in [0.15, 0.2) is 23.1 Å². The molecule has 1 aliphatic heterocycles. The second-order valence-corrected chi connectivity index (χ2v) is 10.4. The zero-order valence-electron chi connectivity index (χ0n) is 17.9. The lowest BCUT2D eigenvalue weighted by atomic mass is 9.96. The van der Waals surface area contributed by atoms with E-state index in [1.807, 2.05) is 13.8 Å². The number of sulfonamides is 1. The molecule has 0 saturated carbocycles. The van der Waals surface area contributed by atoms with Crippen molar-refractivity contribution >= 4 is 33.5 Å². The number of hydrogen-bond donors (Lipinski definition) is 1. The van der Waals surface area contributed by atoms with Gasteiger partial charge in [-0.1, -0.05) is 25.4 Å². The van der Waals surface area contributed by atoms with Crippen LogP contribution in [0.4, 0.5) is 13.2 Å². The molecule has 1 N–H and O–H groups in total. The molecule has 32 heavy (non-hydrogen) atoms. The van der Waals surface area contributed by atoms with Crippen LogP contribution in [-0.2, 0) is 30.5 Å². The maximum absolute atomic E-state index is 13.1. The summed E-state index contributed by atoms with van der Waals surface area (Å²) in [7, 11) is -2.97. The molecule has 0 aromatic heterocycles. The lowest BCUT2D eigenvalue weighted by molar-refractivity contribution is -0.146. The molecule has 12 heteroatoms. The van der Waals surface area contributed by atoms with Gasteiger partial charge in [0, 0.05) is 19.0 Å². The second kappa shape index (κ2) is 10.4. The molecule has 1 fully saturated rings. The minimum Gasteiger partial charge on any atom is -0.467 e. The SMILES string of the molecule is COC(=O)C(CC(C)C)NC(=O)C1CCN(S(=O)(=O)c2ccc(Cl)c(C(F)(F)F)c2)CC1. The molecule has 1 aromatic rings. The van der Waals surface area contributed by atoms with Crippen LogP contribution in [-0.4, -0.2) is 50.8 Å². The Morgan fingerprint density at radius 2 is 1.84 bits per heavy atom. The summed E-state index contributed by atoms with van der Waals surface area (Å²) in [6.45, 7) is 3.70. The zero-order chi connectivity index (χ0) is 24.3. The number of amides is 1. The third-order valence-electron chi connectivity index (χ3n) is 5.22. The summed E-state index contributed by atoms with van der Waals surface area (Å²) in [4.78, 5) is 24.0. The first kappa shape index (κ1) is 26.4. The fourth-order valence-corrected chi connectivity index (χ4v) is 5.23. The Balaban J connectivity index is 2.08. The van der Waals surface area contributed by atoms with Gasteiger partial charge in [-0.15, -0.1) is 0 Å².